The van der Waals surface area contributed by atoms with E-state index in [1.54, 1.807) is 32.4 Å². The Morgan fingerprint density at radius 1 is 0.974 bits per heavy atom. The molecule has 2 N–H and O–H groups in total. The largest absolute Gasteiger partial charge is 0.504 e. The molecule has 2 atom stereocenters. The van der Waals surface area contributed by atoms with Crippen molar-refractivity contribution in [1.29, 1.82) is 0 Å². The van der Waals surface area contributed by atoms with Gasteiger partial charge in [-0.15, -0.1) is 0 Å². The number of phenolic OH excluding ortho intramolecular Hbond substituents is 1. The fourth-order valence-corrected chi connectivity index (χ4v) is 5.19. The van der Waals surface area contributed by atoms with Crippen LogP contribution in [0.2, 0.25) is 0 Å². The van der Waals surface area contributed by atoms with Gasteiger partial charge in [0, 0.05) is 29.3 Å². The molecule has 202 valence electrons. The van der Waals surface area contributed by atoms with Crippen molar-refractivity contribution in [3.63, 3.8) is 0 Å². The highest BCUT2D eigenvalue weighted by molar-refractivity contribution is 6.04. The van der Waals surface area contributed by atoms with Gasteiger partial charge in [0.1, 0.15) is 0 Å². The molecule has 0 radical (unpaired) electrons. The number of carbonyl (C=O) groups excluding carboxylic acids is 2. The maximum absolute atomic E-state index is 13.8. The summed E-state index contributed by atoms with van der Waals surface area (Å²) in [5.41, 5.74) is 3.86. The van der Waals surface area contributed by atoms with E-state index in [-0.39, 0.29) is 36.4 Å². The van der Waals surface area contributed by atoms with E-state index in [0.717, 1.165) is 11.3 Å². The van der Waals surface area contributed by atoms with Gasteiger partial charge < -0.3 is 29.4 Å². The smallest absolute Gasteiger partial charge is 0.336 e. The maximum atomic E-state index is 13.8. The zero-order valence-electron chi connectivity index (χ0n) is 22.7. The number of ether oxygens (including phenoxy) is 4. The van der Waals surface area contributed by atoms with Gasteiger partial charge in [0.25, 0.3) is 0 Å². The number of benzene rings is 2. The lowest BCUT2D eigenvalue weighted by Gasteiger charge is -2.37. The molecule has 0 aromatic heterocycles. The molecule has 0 saturated carbocycles. The molecule has 4 rings (SSSR count). The lowest BCUT2D eigenvalue weighted by Crippen LogP contribution is -2.36. The lowest BCUT2D eigenvalue weighted by molar-refractivity contribution is -0.140. The summed E-state index contributed by atoms with van der Waals surface area (Å²) >= 11 is 0. The van der Waals surface area contributed by atoms with E-state index in [4.69, 9.17) is 18.9 Å². The van der Waals surface area contributed by atoms with E-state index in [2.05, 4.69) is 5.32 Å². The van der Waals surface area contributed by atoms with Crippen LogP contribution in [0.15, 0.2) is 58.9 Å². The summed E-state index contributed by atoms with van der Waals surface area (Å²) in [6.45, 7) is 6.01. The minimum absolute atomic E-state index is 0.0651. The molecule has 1 heterocycles. The minimum atomic E-state index is -0.679. The second kappa shape index (κ2) is 11.2. The van der Waals surface area contributed by atoms with Crippen LogP contribution in [0.3, 0.4) is 0 Å². The Kier molecular flexibility index (Phi) is 7.99. The van der Waals surface area contributed by atoms with Crippen molar-refractivity contribution < 1.29 is 33.6 Å². The SMILES string of the molecule is COc1ccc([C@H]2C(C(=O)OCC(C)C)=C(C)NC3=C2C(=O)C[C@@H](c2ccc(OC)c(OC)c2)C3)cc1O. The van der Waals surface area contributed by atoms with Crippen LogP contribution < -0.4 is 19.5 Å². The number of methoxy groups -OCH3 is 3. The molecule has 2 aromatic carbocycles. The molecule has 38 heavy (non-hydrogen) atoms. The summed E-state index contributed by atoms with van der Waals surface area (Å²) in [7, 11) is 4.64. The van der Waals surface area contributed by atoms with Crippen LogP contribution in [0.1, 0.15) is 56.6 Å². The Labute approximate surface area is 223 Å². The number of phenols is 1. The first-order valence-corrected chi connectivity index (χ1v) is 12.7. The molecular formula is C30H35NO7. The van der Waals surface area contributed by atoms with E-state index in [0.29, 0.717) is 46.1 Å². The molecule has 0 fully saturated rings. The Balaban J connectivity index is 1.77. The summed E-state index contributed by atoms with van der Waals surface area (Å²) < 4.78 is 21.7. The Morgan fingerprint density at radius 2 is 1.63 bits per heavy atom. The van der Waals surface area contributed by atoms with Crippen molar-refractivity contribution in [2.75, 3.05) is 27.9 Å². The van der Waals surface area contributed by atoms with Crippen LogP contribution in [0, 0.1) is 5.92 Å². The van der Waals surface area contributed by atoms with Gasteiger partial charge in [-0.05, 0) is 60.6 Å². The van der Waals surface area contributed by atoms with Crippen LogP contribution in [0.25, 0.3) is 0 Å². The second-order valence-corrected chi connectivity index (χ2v) is 10.1. The van der Waals surface area contributed by atoms with Gasteiger partial charge in [-0.3, -0.25) is 4.79 Å². The van der Waals surface area contributed by atoms with E-state index in [9.17, 15) is 14.7 Å². The molecule has 0 bridgehead atoms. The van der Waals surface area contributed by atoms with Crippen molar-refractivity contribution in [1.82, 2.24) is 5.32 Å². The second-order valence-electron chi connectivity index (χ2n) is 10.1. The van der Waals surface area contributed by atoms with Crippen molar-refractivity contribution in [3.05, 3.63) is 70.1 Å². The van der Waals surface area contributed by atoms with Crippen molar-refractivity contribution in [2.45, 2.75) is 45.4 Å². The van der Waals surface area contributed by atoms with Gasteiger partial charge in [0.05, 0.1) is 33.5 Å². The minimum Gasteiger partial charge on any atom is -0.504 e. The standard InChI is InChI=1S/C30H35NO7/c1-16(2)15-38-30(34)27-17(3)31-21-11-20(18-7-10-25(36-5)26(14-18)37-6)13-23(33)29(21)28(27)19-8-9-24(35-4)22(32)12-19/h7-10,12,14,16,20,28,31-32H,11,13,15H2,1-6H3/t20-,28-/m0/s1. The highest BCUT2D eigenvalue weighted by Gasteiger charge is 2.41. The highest BCUT2D eigenvalue weighted by atomic mass is 16.5. The molecule has 0 amide bonds. The summed E-state index contributed by atoms with van der Waals surface area (Å²) in [4.78, 5) is 27.1. The van der Waals surface area contributed by atoms with E-state index in [1.807, 2.05) is 39.0 Å². The first-order valence-electron chi connectivity index (χ1n) is 12.7. The van der Waals surface area contributed by atoms with E-state index in [1.165, 1.54) is 7.11 Å². The average molecular weight is 522 g/mol. The van der Waals surface area contributed by atoms with E-state index >= 15 is 0 Å². The topological polar surface area (TPSA) is 103 Å². The molecule has 0 unspecified atom stereocenters. The number of allylic oxidation sites excluding steroid dienone is 3. The summed E-state index contributed by atoms with van der Waals surface area (Å²) in [6.07, 6.45) is 0.836. The number of aromatic hydroxyl groups is 1. The number of esters is 1. The monoisotopic (exact) mass is 521 g/mol. The number of rotatable bonds is 8. The van der Waals surface area contributed by atoms with Gasteiger partial charge in [-0.1, -0.05) is 26.0 Å². The van der Waals surface area contributed by atoms with Gasteiger partial charge in [-0.25, -0.2) is 4.79 Å². The van der Waals surface area contributed by atoms with Crippen LogP contribution in [-0.2, 0) is 14.3 Å². The maximum Gasteiger partial charge on any atom is 0.336 e. The van der Waals surface area contributed by atoms with Crippen LogP contribution in [0.4, 0.5) is 0 Å². The molecule has 1 aliphatic carbocycles. The van der Waals surface area contributed by atoms with Crippen molar-refractivity contribution in [3.8, 4) is 23.0 Å². The average Bonchev–Trinajstić information content (AvgIpc) is 2.90. The summed E-state index contributed by atoms with van der Waals surface area (Å²) in [5, 5.41) is 13.9. The third kappa shape index (κ3) is 5.21. The predicted molar refractivity (Wildman–Crippen MR) is 143 cm³/mol. The van der Waals surface area contributed by atoms with Gasteiger partial charge in [-0.2, -0.15) is 0 Å². The number of hydrogen-bond donors (Lipinski definition) is 2. The summed E-state index contributed by atoms with van der Waals surface area (Å²) in [6, 6.07) is 10.7. The zero-order chi connectivity index (χ0) is 27.6. The lowest BCUT2D eigenvalue weighted by atomic mass is 9.71. The molecule has 8 heteroatoms. The highest BCUT2D eigenvalue weighted by Crippen LogP contribution is 2.47. The number of ketones is 1. The first-order chi connectivity index (χ1) is 18.2. The van der Waals surface area contributed by atoms with Crippen LogP contribution in [0.5, 0.6) is 23.0 Å². The number of Topliss-reactive ketones (excluding diaryl/α,β-unsaturated/α-hetero) is 1. The zero-order valence-corrected chi connectivity index (χ0v) is 22.7. The Hall–Kier alpha value is -3.94. The number of carbonyl (C=O) groups is 2. The number of hydrogen-bond acceptors (Lipinski definition) is 8. The quantitative estimate of drug-likeness (QED) is 0.469. The molecule has 2 aliphatic rings. The number of nitrogens with one attached hydrogen (secondary N) is 1. The molecule has 0 saturated heterocycles. The van der Waals surface area contributed by atoms with E-state index < -0.39 is 11.9 Å². The molecule has 8 nitrogen and oxygen atoms in total. The molecular weight excluding hydrogens is 486 g/mol. The summed E-state index contributed by atoms with van der Waals surface area (Å²) in [5.74, 6) is 0.319. The fourth-order valence-electron chi connectivity index (χ4n) is 5.19. The first kappa shape index (κ1) is 27.1. The predicted octanol–water partition coefficient (Wildman–Crippen LogP) is 4.98. The van der Waals surface area contributed by atoms with Crippen LogP contribution >= 0.6 is 0 Å². The van der Waals surface area contributed by atoms with Gasteiger partial charge >= 0.3 is 5.97 Å². The third-order valence-electron chi connectivity index (χ3n) is 7.01. The normalized spacial score (nSPS) is 19.2. The fraction of sp³-hybridized carbons (Fsp3) is 0.400. The van der Waals surface area contributed by atoms with Gasteiger partial charge in [0.15, 0.2) is 28.8 Å². The van der Waals surface area contributed by atoms with Gasteiger partial charge in [0.2, 0.25) is 0 Å². The Morgan fingerprint density at radius 3 is 2.26 bits per heavy atom. The molecule has 1 aliphatic heterocycles. The third-order valence-corrected chi connectivity index (χ3v) is 7.01. The molecule has 0 spiro atoms. The van der Waals surface area contributed by atoms with Crippen LogP contribution in [-0.4, -0.2) is 44.8 Å². The number of dihydropyridines is 1. The Bertz CT molecular complexity index is 1310. The van der Waals surface area contributed by atoms with Crippen molar-refractivity contribution >= 4 is 11.8 Å². The van der Waals surface area contributed by atoms with Crippen molar-refractivity contribution in [2.24, 2.45) is 5.92 Å². The molecule has 2 aromatic rings.